The van der Waals surface area contributed by atoms with Crippen LogP contribution in [0.1, 0.15) is 39.1 Å². The first-order valence-corrected chi connectivity index (χ1v) is 11.2. The Labute approximate surface area is 200 Å². The second-order valence-corrected chi connectivity index (χ2v) is 8.47. The molecule has 0 spiro atoms. The summed E-state index contributed by atoms with van der Waals surface area (Å²) in [6.45, 7) is -0.108. The summed E-state index contributed by atoms with van der Waals surface area (Å²) in [4.78, 5) is 37.8. The smallest absolute Gasteiger partial charge is 0.309 e. The third-order valence-electron chi connectivity index (χ3n) is 6.26. The summed E-state index contributed by atoms with van der Waals surface area (Å²) in [7, 11) is 0. The number of aliphatic hydroxyl groups is 1. The van der Waals surface area contributed by atoms with Crippen LogP contribution >= 0.6 is 0 Å². The highest BCUT2D eigenvalue weighted by atomic mass is 19.2. The number of aliphatic hydroxyl groups excluding tert-OH is 1. The first-order chi connectivity index (χ1) is 16.8. The molecule has 2 amide bonds. The van der Waals surface area contributed by atoms with E-state index in [-0.39, 0.29) is 30.5 Å². The molecule has 0 saturated heterocycles. The second kappa shape index (κ2) is 10.1. The molecule has 2 N–H and O–H groups in total. The van der Waals surface area contributed by atoms with Crippen molar-refractivity contribution in [2.45, 2.75) is 25.4 Å². The first-order valence-electron chi connectivity index (χ1n) is 11.2. The van der Waals surface area contributed by atoms with Gasteiger partial charge in [-0.3, -0.25) is 19.3 Å². The molecule has 0 saturated carbocycles. The summed E-state index contributed by atoms with van der Waals surface area (Å²) >= 11 is 0. The normalized spacial score (nSPS) is 14.7. The summed E-state index contributed by atoms with van der Waals surface area (Å²) in [5.74, 6) is -5.15. The van der Waals surface area contributed by atoms with Crippen LogP contribution in [0.5, 0.6) is 0 Å². The molecule has 1 aliphatic heterocycles. The predicted octanol–water partition coefficient (Wildman–Crippen LogP) is 4.31. The molecular weight excluding hydrogens is 456 g/mol. The third kappa shape index (κ3) is 5.12. The lowest BCUT2D eigenvalue weighted by Crippen LogP contribution is -2.36. The predicted molar refractivity (Wildman–Crippen MR) is 124 cm³/mol. The molecule has 35 heavy (non-hydrogen) atoms. The van der Waals surface area contributed by atoms with Crippen molar-refractivity contribution in [2.75, 3.05) is 6.54 Å². The summed E-state index contributed by atoms with van der Waals surface area (Å²) in [6.07, 6.45) is -0.718. The van der Waals surface area contributed by atoms with Crippen molar-refractivity contribution in [1.82, 2.24) is 4.90 Å². The minimum Gasteiger partial charge on any atom is -0.481 e. The lowest BCUT2D eigenvalue weighted by Gasteiger charge is -2.22. The van der Waals surface area contributed by atoms with Gasteiger partial charge in [-0.25, -0.2) is 8.78 Å². The largest absolute Gasteiger partial charge is 0.481 e. The Kier molecular flexibility index (Phi) is 7.02. The first kappa shape index (κ1) is 24.2. The maximum absolute atomic E-state index is 13.5. The van der Waals surface area contributed by atoms with Crippen molar-refractivity contribution in [1.29, 1.82) is 0 Å². The standard InChI is InChI=1S/C27H23F2NO5/c28-22-11-10-18(15-23(22)29)17-8-5-16(6-9-17)7-12-24(31)21(27(34)35)13-14-30-25(32)19-3-1-2-4-20(19)26(30)33/h1-6,8-11,15,21,24,31H,7,12-14H2,(H,34,35)/t21-,24?/m1/s1. The van der Waals surface area contributed by atoms with E-state index < -0.39 is 41.4 Å². The number of benzene rings is 3. The molecule has 180 valence electrons. The highest BCUT2D eigenvalue weighted by molar-refractivity contribution is 6.21. The molecule has 1 aliphatic rings. The van der Waals surface area contributed by atoms with Crippen molar-refractivity contribution >= 4 is 17.8 Å². The molecule has 1 unspecified atom stereocenters. The quantitative estimate of drug-likeness (QED) is 0.446. The molecule has 0 aromatic heterocycles. The molecule has 0 aliphatic carbocycles. The molecule has 1 heterocycles. The van der Waals surface area contributed by atoms with Crippen LogP contribution in [-0.4, -0.2) is 45.5 Å². The van der Waals surface area contributed by atoms with Gasteiger partial charge in [-0.05, 0) is 60.2 Å². The second-order valence-electron chi connectivity index (χ2n) is 8.47. The lowest BCUT2D eigenvalue weighted by molar-refractivity contribution is -0.146. The summed E-state index contributed by atoms with van der Waals surface area (Å²) in [5.41, 5.74) is 2.63. The van der Waals surface area contributed by atoms with Crippen molar-refractivity contribution in [3.05, 3.63) is 95.1 Å². The number of hydrogen-bond acceptors (Lipinski definition) is 4. The average Bonchev–Trinajstić information content (AvgIpc) is 3.09. The number of halogens is 2. The van der Waals surface area contributed by atoms with Crippen LogP contribution in [0.25, 0.3) is 11.1 Å². The highest BCUT2D eigenvalue weighted by Crippen LogP contribution is 2.25. The van der Waals surface area contributed by atoms with Crippen LogP contribution in [0.3, 0.4) is 0 Å². The number of hydrogen-bond donors (Lipinski definition) is 2. The number of carbonyl (C=O) groups excluding carboxylic acids is 2. The number of carboxylic acid groups (broad SMARTS) is 1. The molecular formula is C27H23F2NO5. The van der Waals surface area contributed by atoms with E-state index in [4.69, 9.17) is 0 Å². The maximum atomic E-state index is 13.5. The number of carboxylic acids is 1. The van der Waals surface area contributed by atoms with E-state index >= 15 is 0 Å². The third-order valence-corrected chi connectivity index (χ3v) is 6.26. The molecule has 3 aromatic rings. The van der Waals surface area contributed by atoms with E-state index in [1.165, 1.54) is 6.07 Å². The SMILES string of the molecule is O=C(O)[C@H](CCN1C(=O)c2ccccc2C1=O)C(O)CCc1ccc(-c2ccc(F)c(F)c2)cc1. The average molecular weight is 479 g/mol. The fourth-order valence-electron chi connectivity index (χ4n) is 4.25. The maximum Gasteiger partial charge on any atom is 0.309 e. The van der Waals surface area contributed by atoms with Gasteiger partial charge in [0.25, 0.3) is 11.8 Å². The van der Waals surface area contributed by atoms with Crippen molar-refractivity contribution in [2.24, 2.45) is 5.92 Å². The van der Waals surface area contributed by atoms with Crippen molar-refractivity contribution < 1.29 is 33.4 Å². The Morgan fingerprint density at radius 1 is 0.829 bits per heavy atom. The number of carbonyl (C=O) groups is 3. The topological polar surface area (TPSA) is 94.9 Å². The summed E-state index contributed by atoms with van der Waals surface area (Å²) in [5, 5.41) is 20.2. The van der Waals surface area contributed by atoms with E-state index in [0.717, 1.165) is 22.6 Å². The van der Waals surface area contributed by atoms with Gasteiger partial charge in [-0.15, -0.1) is 0 Å². The lowest BCUT2D eigenvalue weighted by atomic mass is 9.93. The van der Waals surface area contributed by atoms with Gasteiger partial charge in [0.15, 0.2) is 11.6 Å². The minimum atomic E-state index is -1.21. The summed E-state index contributed by atoms with van der Waals surface area (Å²) in [6, 6.07) is 17.1. The van der Waals surface area contributed by atoms with Gasteiger partial charge in [0, 0.05) is 6.54 Å². The van der Waals surface area contributed by atoms with E-state index in [1.807, 2.05) is 0 Å². The molecule has 0 radical (unpaired) electrons. The number of imide groups is 1. The van der Waals surface area contributed by atoms with Gasteiger partial charge >= 0.3 is 5.97 Å². The Morgan fingerprint density at radius 3 is 2.00 bits per heavy atom. The zero-order valence-electron chi connectivity index (χ0n) is 18.7. The number of rotatable bonds is 9. The van der Waals surface area contributed by atoms with Crippen LogP contribution in [0.2, 0.25) is 0 Å². The number of amides is 2. The van der Waals surface area contributed by atoms with E-state index in [2.05, 4.69) is 0 Å². The molecule has 6 nitrogen and oxygen atoms in total. The molecule has 0 fully saturated rings. The Balaban J connectivity index is 1.35. The van der Waals surface area contributed by atoms with E-state index in [1.54, 1.807) is 48.5 Å². The molecule has 3 aromatic carbocycles. The van der Waals surface area contributed by atoms with Crippen molar-refractivity contribution in [3.8, 4) is 11.1 Å². The fraction of sp³-hybridized carbons (Fsp3) is 0.222. The van der Waals surface area contributed by atoms with E-state index in [9.17, 15) is 33.4 Å². The van der Waals surface area contributed by atoms with Crippen molar-refractivity contribution in [3.63, 3.8) is 0 Å². The zero-order valence-corrected chi connectivity index (χ0v) is 18.7. The summed E-state index contributed by atoms with van der Waals surface area (Å²) < 4.78 is 26.6. The number of nitrogens with zero attached hydrogens (tertiary/aromatic N) is 1. The van der Waals surface area contributed by atoms with Crippen LogP contribution in [-0.2, 0) is 11.2 Å². The minimum absolute atomic E-state index is 0.0724. The van der Waals surface area contributed by atoms with Crippen LogP contribution < -0.4 is 0 Å². The Bertz CT molecular complexity index is 1240. The number of aryl methyl sites for hydroxylation is 1. The van der Waals surface area contributed by atoms with Gasteiger partial charge in [0.05, 0.1) is 23.1 Å². The Morgan fingerprint density at radius 2 is 1.43 bits per heavy atom. The monoisotopic (exact) mass is 479 g/mol. The molecule has 2 atom stereocenters. The van der Waals surface area contributed by atoms with E-state index in [0.29, 0.717) is 17.5 Å². The molecule has 4 rings (SSSR count). The van der Waals surface area contributed by atoms with Gasteiger partial charge in [0.1, 0.15) is 0 Å². The van der Waals surface area contributed by atoms with Gasteiger partial charge in [-0.1, -0.05) is 42.5 Å². The highest BCUT2D eigenvalue weighted by Gasteiger charge is 2.36. The molecule has 8 heteroatoms. The fourth-order valence-corrected chi connectivity index (χ4v) is 4.25. The van der Waals surface area contributed by atoms with Crippen LogP contribution in [0.4, 0.5) is 8.78 Å². The number of fused-ring (bicyclic) bond motifs is 1. The Hall–Kier alpha value is -3.91. The molecule has 0 bridgehead atoms. The van der Waals surface area contributed by atoms with Crippen LogP contribution in [0.15, 0.2) is 66.7 Å². The number of aliphatic carboxylic acids is 1. The van der Waals surface area contributed by atoms with Crippen LogP contribution in [0, 0.1) is 17.6 Å². The van der Waals surface area contributed by atoms with Gasteiger partial charge in [0.2, 0.25) is 0 Å². The van der Waals surface area contributed by atoms with Gasteiger partial charge < -0.3 is 10.2 Å². The zero-order chi connectivity index (χ0) is 25.1. The van der Waals surface area contributed by atoms with Gasteiger partial charge in [-0.2, -0.15) is 0 Å².